The summed E-state index contributed by atoms with van der Waals surface area (Å²) in [7, 11) is 0. The smallest absolute Gasteiger partial charge is 0.306 e. The standard InChI is InChI=1S/C14H19NO4/c1-3-18-13-8-11(9-15-10-13)7-12(16)5-6-14(17)19-4-2/h8-10H,3-7H2,1-2H3. The van der Waals surface area contributed by atoms with E-state index in [1.165, 1.54) is 0 Å². The van der Waals surface area contributed by atoms with Crippen molar-refractivity contribution in [1.29, 1.82) is 0 Å². The molecule has 0 unspecified atom stereocenters. The van der Waals surface area contributed by atoms with E-state index in [1.54, 1.807) is 25.4 Å². The van der Waals surface area contributed by atoms with Crippen molar-refractivity contribution in [1.82, 2.24) is 4.98 Å². The van der Waals surface area contributed by atoms with Crippen LogP contribution in [0.5, 0.6) is 5.75 Å². The van der Waals surface area contributed by atoms with E-state index in [1.807, 2.05) is 6.92 Å². The molecule has 5 nitrogen and oxygen atoms in total. The Morgan fingerprint density at radius 1 is 1.16 bits per heavy atom. The Morgan fingerprint density at radius 2 is 1.95 bits per heavy atom. The number of aromatic nitrogens is 1. The van der Waals surface area contributed by atoms with Gasteiger partial charge >= 0.3 is 5.97 Å². The number of ether oxygens (including phenoxy) is 2. The van der Waals surface area contributed by atoms with Crippen LogP contribution in [0.4, 0.5) is 0 Å². The van der Waals surface area contributed by atoms with Crippen LogP contribution in [0.3, 0.4) is 0 Å². The number of carbonyl (C=O) groups is 2. The van der Waals surface area contributed by atoms with Crippen LogP contribution < -0.4 is 4.74 Å². The van der Waals surface area contributed by atoms with E-state index in [-0.39, 0.29) is 31.0 Å². The fourth-order valence-electron chi connectivity index (χ4n) is 1.60. The maximum absolute atomic E-state index is 11.7. The van der Waals surface area contributed by atoms with Crippen LogP contribution in [0.1, 0.15) is 32.3 Å². The van der Waals surface area contributed by atoms with Crippen molar-refractivity contribution in [3.63, 3.8) is 0 Å². The number of rotatable bonds is 8. The maximum atomic E-state index is 11.7. The number of nitrogens with zero attached hydrogens (tertiary/aromatic N) is 1. The van der Waals surface area contributed by atoms with Gasteiger partial charge in [-0.05, 0) is 25.5 Å². The molecule has 0 amide bonds. The Hall–Kier alpha value is -1.91. The van der Waals surface area contributed by atoms with E-state index in [9.17, 15) is 9.59 Å². The molecule has 0 atom stereocenters. The van der Waals surface area contributed by atoms with E-state index in [4.69, 9.17) is 9.47 Å². The van der Waals surface area contributed by atoms with Gasteiger partial charge in [0, 0.05) is 19.0 Å². The van der Waals surface area contributed by atoms with Crippen molar-refractivity contribution < 1.29 is 19.1 Å². The van der Waals surface area contributed by atoms with Gasteiger partial charge in [-0.25, -0.2) is 0 Å². The zero-order valence-corrected chi connectivity index (χ0v) is 11.3. The van der Waals surface area contributed by atoms with Gasteiger partial charge < -0.3 is 9.47 Å². The maximum Gasteiger partial charge on any atom is 0.306 e. The van der Waals surface area contributed by atoms with Gasteiger partial charge in [0.2, 0.25) is 0 Å². The summed E-state index contributed by atoms with van der Waals surface area (Å²) in [6.07, 6.45) is 3.82. The molecule has 0 aliphatic carbocycles. The molecule has 0 fully saturated rings. The summed E-state index contributed by atoms with van der Waals surface area (Å²) in [5, 5.41) is 0. The van der Waals surface area contributed by atoms with Crippen molar-refractivity contribution in [3.8, 4) is 5.75 Å². The first-order chi connectivity index (χ1) is 9.15. The van der Waals surface area contributed by atoms with Gasteiger partial charge in [0.15, 0.2) is 0 Å². The van der Waals surface area contributed by atoms with Gasteiger partial charge in [-0.3, -0.25) is 14.6 Å². The predicted molar refractivity (Wildman–Crippen MR) is 70.0 cm³/mol. The fourth-order valence-corrected chi connectivity index (χ4v) is 1.60. The number of esters is 1. The minimum absolute atomic E-state index is 0.0106. The molecule has 0 aliphatic rings. The van der Waals surface area contributed by atoms with E-state index < -0.39 is 0 Å². The quantitative estimate of drug-likeness (QED) is 0.672. The first-order valence-corrected chi connectivity index (χ1v) is 6.39. The third-order valence-corrected chi connectivity index (χ3v) is 2.40. The largest absolute Gasteiger partial charge is 0.492 e. The van der Waals surface area contributed by atoms with E-state index in [0.29, 0.717) is 19.0 Å². The summed E-state index contributed by atoms with van der Waals surface area (Å²) < 4.78 is 10.1. The molecule has 0 saturated heterocycles. The van der Waals surface area contributed by atoms with E-state index in [2.05, 4.69) is 4.98 Å². The van der Waals surface area contributed by atoms with Gasteiger partial charge in [-0.2, -0.15) is 0 Å². The zero-order chi connectivity index (χ0) is 14.1. The molecule has 5 heteroatoms. The lowest BCUT2D eigenvalue weighted by molar-refractivity contribution is -0.144. The fraction of sp³-hybridized carbons (Fsp3) is 0.500. The number of pyridine rings is 1. The molecular formula is C14H19NO4. The summed E-state index contributed by atoms with van der Waals surface area (Å²) in [5.74, 6) is 0.304. The Balaban J connectivity index is 2.43. The van der Waals surface area contributed by atoms with E-state index >= 15 is 0 Å². The molecule has 0 saturated carbocycles. The van der Waals surface area contributed by atoms with Gasteiger partial charge in [0.25, 0.3) is 0 Å². The molecule has 0 spiro atoms. The van der Waals surface area contributed by atoms with Crippen LogP contribution in [0.25, 0.3) is 0 Å². The second kappa shape index (κ2) is 8.24. The number of hydrogen-bond donors (Lipinski definition) is 0. The monoisotopic (exact) mass is 265 g/mol. The lowest BCUT2D eigenvalue weighted by Crippen LogP contribution is -2.09. The number of hydrogen-bond acceptors (Lipinski definition) is 5. The van der Waals surface area contributed by atoms with Crippen LogP contribution in [0, 0.1) is 0 Å². The molecule has 1 heterocycles. The molecule has 0 aliphatic heterocycles. The third kappa shape index (κ3) is 5.99. The SMILES string of the molecule is CCOC(=O)CCC(=O)Cc1cncc(OCC)c1. The Kier molecular flexibility index (Phi) is 6.57. The van der Waals surface area contributed by atoms with Gasteiger partial charge in [-0.1, -0.05) is 0 Å². The van der Waals surface area contributed by atoms with Crippen LogP contribution in [0.15, 0.2) is 18.5 Å². The normalized spacial score (nSPS) is 10.0. The lowest BCUT2D eigenvalue weighted by atomic mass is 10.1. The summed E-state index contributed by atoms with van der Waals surface area (Å²) in [5.41, 5.74) is 0.791. The minimum Gasteiger partial charge on any atom is -0.492 e. The highest BCUT2D eigenvalue weighted by Gasteiger charge is 2.09. The summed E-state index contributed by atoms with van der Waals surface area (Å²) in [6.45, 7) is 4.52. The van der Waals surface area contributed by atoms with E-state index in [0.717, 1.165) is 5.56 Å². The Labute approximate surface area is 112 Å². The van der Waals surface area contributed by atoms with Crippen LogP contribution in [-0.2, 0) is 20.7 Å². The molecule has 0 aromatic carbocycles. The van der Waals surface area contributed by atoms with Crippen molar-refractivity contribution in [2.24, 2.45) is 0 Å². The molecule has 19 heavy (non-hydrogen) atoms. The topological polar surface area (TPSA) is 65.5 Å². The van der Waals surface area contributed by atoms with Crippen molar-refractivity contribution in [2.75, 3.05) is 13.2 Å². The molecule has 1 aromatic rings. The number of carbonyl (C=O) groups excluding carboxylic acids is 2. The summed E-state index contributed by atoms with van der Waals surface area (Å²) in [4.78, 5) is 26.9. The van der Waals surface area contributed by atoms with Gasteiger partial charge in [0.05, 0.1) is 25.8 Å². The third-order valence-electron chi connectivity index (χ3n) is 2.40. The molecule has 1 aromatic heterocycles. The summed E-state index contributed by atoms with van der Waals surface area (Å²) >= 11 is 0. The highest BCUT2D eigenvalue weighted by molar-refractivity contribution is 5.84. The lowest BCUT2D eigenvalue weighted by Gasteiger charge is -2.05. The molecule has 1 rings (SSSR count). The highest BCUT2D eigenvalue weighted by Crippen LogP contribution is 2.12. The highest BCUT2D eigenvalue weighted by atomic mass is 16.5. The molecule has 0 bridgehead atoms. The Morgan fingerprint density at radius 3 is 2.63 bits per heavy atom. The first-order valence-electron chi connectivity index (χ1n) is 6.39. The second-order valence-corrected chi connectivity index (χ2v) is 3.98. The Bertz CT molecular complexity index is 431. The van der Waals surface area contributed by atoms with Gasteiger partial charge in [0.1, 0.15) is 11.5 Å². The molecule has 104 valence electrons. The average Bonchev–Trinajstić information content (AvgIpc) is 2.38. The van der Waals surface area contributed by atoms with Crippen molar-refractivity contribution in [2.45, 2.75) is 33.1 Å². The summed E-state index contributed by atoms with van der Waals surface area (Å²) in [6, 6.07) is 1.79. The van der Waals surface area contributed by atoms with Crippen molar-refractivity contribution in [3.05, 3.63) is 24.0 Å². The number of Topliss-reactive ketones (excluding diaryl/α,β-unsaturated/α-hetero) is 1. The molecule has 0 radical (unpaired) electrons. The second-order valence-electron chi connectivity index (χ2n) is 3.98. The average molecular weight is 265 g/mol. The van der Waals surface area contributed by atoms with Crippen LogP contribution >= 0.6 is 0 Å². The van der Waals surface area contributed by atoms with Crippen molar-refractivity contribution >= 4 is 11.8 Å². The molecule has 0 N–H and O–H groups in total. The zero-order valence-electron chi connectivity index (χ0n) is 11.3. The predicted octanol–water partition coefficient (Wildman–Crippen LogP) is 1.94. The van der Waals surface area contributed by atoms with Gasteiger partial charge in [-0.15, -0.1) is 0 Å². The van der Waals surface area contributed by atoms with Crippen LogP contribution in [-0.4, -0.2) is 30.0 Å². The minimum atomic E-state index is -0.336. The first kappa shape index (κ1) is 15.1. The number of ketones is 1. The van der Waals surface area contributed by atoms with Crippen LogP contribution in [0.2, 0.25) is 0 Å². The molecular weight excluding hydrogens is 246 g/mol.